The Morgan fingerprint density at radius 2 is 2.08 bits per heavy atom. The molecular formula is C12H20O. The van der Waals surface area contributed by atoms with Crippen molar-refractivity contribution in [2.45, 2.75) is 52.4 Å². The van der Waals surface area contributed by atoms with E-state index in [4.69, 9.17) is 0 Å². The Kier molecular flexibility index (Phi) is 2.21. The first-order chi connectivity index (χ1) is 6.13. The van der Waals surface area contributed by atoms with Crippen LogP contribution in [0.3, 0.4) is 0 Å². The van der Waals surface area contributed by atoms with Gasteiger partial charge in [0.15, 0.2) is 0 Å². The van der Waals surface area contributed by atoms with E-state index in [1.54, 1.807) is 0 Å². The van der Waals surface area contributed by atoms with Crippen LogP contribution in [0, 0.1) is 17.3 Å². The predicted octanol–water partition coefficient (Wildman–Crippen LogP) is 3.18. The molecule has 2 rings (SSSR count). The highest BCUT2D eigenvalue weighted by Crippen LogP contribution is 2.51. The second-order valence-corrected chi connectivity index (χ2v) is 5.26. The van der Waals surface area contributed by atoms with Gasteiger partial charge >= 0.3 is 0 Å². The van der Waals surface area contributed by atoms with Gasteiger partial charge in [0.1, 0.15) is 5.78 Å². The normalized spacial score (nSPS) is 45.8. The first-order valence-electron chi connectivity index (χ1n) is 5.66. The van der Waals surface area contributed by atoms with Crippen molar-refractivity contribution in [3.05, 3.63) is 0 Å². The Bertz CT molecular complexity index is 221. The molecule has 0 N–H and O–H groups in total. The molecule has 13 heavy (non-hydrogen) atoms. The molecule has 74 valence electrons. The first-order valence-corrected chi connectivity index (χ1v) is 5.66. The Morgan fingerprint density at radius 3 is 2.85 bits per heavy atom. The summed E-state index contributed by atoms with van der Waals surface area (Å²) in [7, 11) is 0. The summed E-state index contributed by atoms with van der Waals surface area (Å²) in [6.07, 6.45) is 7.37. The zero-order valence-electron chi connectivity index (χ0n) is 8.81. The Balaban J connectivity index is 2.19. The molecule has 3 atom stereocenters. The van der Waals surface area contributed by atoms with E-state index in [1.807, 2.05) is 0 Å². The molecule has 2 aliphatic rings. The van der Waals surface area contributed by atoms with Gasteiger partial charge in [0, 0.05) is 12.3 Å². The third kappa shape index (κ3) is 1.43. The summed E-state index contributed by atoms with van der Waals surface area (Å²) >= 11 is 0. The van der Waals surface area contributed by atoms with Crippen LogP contribution in [0.15, 0.2) is 0 Å². The third-order valence-corrected chi connectivity index (χ3v) is 4.46. The van der Waals surface area contributed by atoms with E-state index in [0.29, 0.717) is 23.0 Å². The summed E-state index contributed by atoms with van der Waals surface area (Å²) < 4.78 is 0. The minimum Gasteiger partial charge on any atom is -0.299 e. The number of hydrogen-bond acceptors (Lipinski definition) is 1. The molecule has 0 aromatic heterocycles. The lowest BCUT2D eigenvalue weighted by molar-refractivity contribution is -0.132. The van der Waals surface area contributed by atoms with Crippen LogP contribution in [0.25, 0.3) is 0 Å². The van der Waals surface area contributed by atoms with E-state index in [9.17, 15) is 4.79 Å². The van der Waals surface area contributed by atoms with E-state index in [1.165, 1.54) is 25.7 Å². The van der Waals surface area contributed by atoms with Crippen molar-refractivity contribution in [2.75, 3.05) is 0 Å². The van der Waals surface area contributed by atoms with E-state index in [2.05, 4.69) is 13.8 Å². The number of carbonyl (C=O) groups is 1. The average Bonchev–Trinajstić information content (AvgIpc) is 2.12. The van der Waals surface area contributed by atoms with Crippen LogP contribution >= 0.6 is 0 Å². The fourth-order valence-corrected chi connectivity index (χ4v) is 3.45. The van der Waals surface area contributed by atoms with Crippen molar-refractivity contribution in [3.8, 4) is 0 Å². The molecule has 0 aromatic rings. The quantitative estimate of drug-likeness (QED) is 0.559. The largest absolute Gasteiger partial charge is 0.299 e. The lowest BCUT2D eigenvalue weighted by atomic mass is 9.57. The van der Waals surface area contributed by atoms with Crippen LogP contribution in [-0.2, 0) is 4.79 Å². The monoisotopic (exact) mass is 180 g/mol. The molecule has 0 amide bonds. The molecule has 2 aliphatic carbocycles. The van der Waals surface area contributed by atoms with Gasteiger partial charge in [-0.25, -0.2) is 0 Å². The van der Waals surface area contributed by atoms with Gasteiger partial charge in [0.2, 0.25) is 0 Å². The van der Waals surface area contributed by atoms with Crippen LogP contribution in [0.1, 0.15) is 52.4 Å². The maximum absolute atomic E-state index is 11.6. The first kappa shape index (κ1) is 9.23. The molecule has 0 heterocycles. The standard InChI is InChI=1S/C12H20O/c1-9-10-5-3-4-7-12(10,2)8-6-11(9)13/h9-10H,3-8H2,1-2H3/t9-,10+,12-/m0/s1. The molecule has 0 aliphatic heterocycles. The predicted molar refractivity (Wildman–Crippen MR) is 53.5 cm³/mol. The lowest BCUT2D eigenvalue weighted by Gasteiger charge is -2.47. The van der Waals surface area contributed by atoms with Gasteiger partial charge in [-0.1, -0.05) is 26.7 Å². The SMILES string of the molecule is C[C@@H]1C(=O)CC[C@]2(C)CCCC[C@H]12. The zero-order chi connectivity index (χ0) is 9.47. The molecule has 0 bridgehead atoms. The van der Waals surface area contributed by atoms with Gasteiger partial charge in [0.05, 0.1) is 0 Å². The van der Waals surface area contributed by atoms with Crippen LogP contribution in [0.5, 0.6) is 0 Å². The number of fused-ring (bicyclic) bond motifs is 1. The smallest absolute Gasteiger partial charge is 0.136 e. The second-order valence-electron chi connectivity index (χ2n) is 5.26. The molecule has 2 fully saturated rings. The average molecular weight is 180 g/mol. The molecule has 2 saturated carbocycles. The highest BCUT2D eigenvalue weighted by molar-refractivity contribution is 5.82. The highest BCUT2D eigenvalue weighted by atomic mass is 16.1. The molecule has 1 heteroatoms. The number of Topliss-reactive ketones (excluding diaryl/α,β-unsaturated/α-hetero) is 1. The molecule has 0 radical (unpaired) electrons. The van der Waals surface area contributed by atoms with E-state index in [-0.39, 0.29) is 0 Å². The zero-order valence-corrected chi connectivity index (χ0v) is 8.81. The summed E-state index contributed by atoms with van der Waals surface area (Å²) in [6, 6.07) is 0. The van der Waals surface area contributed by atoms with Gasteiger partial charge < -0.3 is 0 Å². The van der Waals surface area contributed by atoms with Gasteiger partial charge in [-0.2, -0.15) is 0 Å². The molecular weight excluding hydrogens is 160 g/mol. The van der Waals surface area contributed by atoms with Crippen molar-refractivity contribution in [1.29, 1.82) is 0 Å². The summed E-state index contributed by atoms with van der Waals surface area (Å²) in [6.45, 7) is 4.55. The summed E-state index contributed by atoms with van der Waals surface area (Å²) in [4.78, 5) is 11.6. The maximum Gasteiger partial charge on any atom is 0.136 e. The second kappa shape index (κ2) is 3.11. The van der Waals surface area contributed by atoms with Gasteiger partial charge in [-0.3, -0.25) is 4.79 Å². The topological polar surface area (TPSA) is 17.1 Å². The number of rotatable bonds is 0. The van der Waals surface area contributed by atoms with Crippen molar-refractivity contribution >= 4 is 5.78 Å². The Hall–Kier alpha value is -0.330. The fourth-order valence-electron chi connectivity index (χ4n) is 3.45. The molecule has 0 saturated heterocycles. The van der Waals surface area contributed by atoms with Gasteiger partial charge in [-0.15, -0.1) is 0 Å². The molecule has 0 aromatic carbocycles. The summed E-state index contributed by atoms with van der Waals surface area (Å²) in [5, 5.41) is 0. The summed E-state index contributed by atoms with van der Waals surface area (Å²) in [5.41, 5.74) is 0.506. The van der Waals surface area contributed by atoms with Gasteiger partial charge in [-0.05, 0) is 30.6 Å². The van der Waals surface area contributed by atoms with Crippen LogP contribution in [-0.4, -0.2) is 5.78 Å². The van der Waals surface area contributed by atoms with Crippen LogP contribution in [0.2, 0.25) is 0 Å². The van der Waals surface area contributed by atoms with Crippen molar-refractivity contribution < 1.29 is 4.79 Å². The minimum absolute atomic E-state index is 0.346. The van der Waals surface area contributed by atoms with Crippen LogP contribution in [0.4, 0.5) is 0 Å². The van der Waals surface area contributed by atoms with E-state index in [0.717, 1.165) is 12.8 Å². The van der Waals surface area contributed by atoms with Crippen molar-refractivity contribution in [3.63, 3.8) is 0 Å². The number of carbonyl (C=O) groups excluding carboxylic acids is 1. The van der Waals surface area contributed by atoms with E-state index < -0.39 is 0 Å². The number of hydrogen-bond donors (Lipinski definition) is 0. The fraction of sp³-hybridized carbons (Fsp3) is 0.917. The lowest BCUT2D eigenvalue weighted by Crippen LogP contribution is -2.42. The Morgan fingerprint density at radius 1 is 1.31 bits per heavy atom. The van der Waals surface area contributed by atoms with Crippen LogP contribution < -0.4 is 0 Å². The summed E-state index contributed by atoms with van der Waals surface area (Å²) in [5.74, 6) is 1.56. The third-order valence-electron chi connectivity index (χ3n) is 4.46. The van der Waals surface area contributed by atoms with Gasteiger partial charge in [0.25, 0.3) is 0 Å². The van der Waals surface area contributed by atoms with Crippen molar-refractivity contribution in [2.24, 2.45) is 17.3 Å². The van der Waals surface area contributed by atoms with Crippen molar-refractivity contribution in [1.82, 2.24) is 0 Å². The molecule has 0 spiro atoms. The Labute approximate surface area is 80.9 Å². The molecule has 1 nitrogen and oxygen atoms in total. The number of ketones is 1. The molecule has 0 unspecified atom stereocenters. The minimum atomic E-state index is 0.346. The highest BCUT2D eigenvalue weighted by Gasteiger charge is 2.44. The van der Waals surface area contributed by atoms with E-state index >= 15 is 0 Å². The maximum atomic E-state index is 11.6.